The first-order valence-electron chi connectivity index (χ1n) is 6.35. The molecule has 0 aliphatic carbocycles. The van der Waals surface area contributed by atoms with Crippen LogP contribution in [0.5, 0.6) is 0 Å². The zero-order chi connectivity index (χ0) is 14.6. The molecule has 0 amide bonds. The molecule has 104 valence electrons. The Morgan fingerprint density at radius 1 is 1.37 bits per heavy atom. The molecule has 0 saturated heterocycles. The number of esters is 1. The Morgan fingerprint density at radius 2 is 2.00 bits per heavy atom. The van der Waals surface area contributed by atoms with E-state index in [0.29, 0.717) is 0 Å². The molecule has 19 heavy (non-hydrogen) atoms. The molecule has 2 aromatic rings. The van der Waals surface area contributed by atoms with Crippen LogP contribution in [0, 0.1) is 6.92 Å². The minimum Gasteiger partial charge on any atom is -0.467 e. The van der Waals surface area contributed by atoms with Gasteiger partial charge in [0.15, 0.2) is 0 Å². The highest BCUT2D eigenvalue weighted by atomic mass is 16.5. The third-order valence-electron chi connectivity index (χ3n) is 2.95. The fraction of sp³-hybridized carbons (Fsp3) is 0.500. The number of ether oxygens (including phenoxy) is 1. The van der Waals surface area contributed by atoms with Crippen LogP contribution in [0.2, 0.25) is 0 Å². The topological polar surface area (TPSA) is 57.0 Å². The second kappa shape index (κ2) is 5.82. The summed E-state index contributed by atoms with van der Waals surface area (Å²) in [6.45, 7) is 9.58. The zero-order valence-corrected chi connectivity index (χ0v) is 12.4. The van der Waals surface area contributed by atoms with Crippen molar-refractivity contribution in [2.45, 2.75) is 40.2 Å². The van der Waals surface area contributed by atoms with Gasteiger partial charge in [0.05, 0.1) is 7.11 Å². The number of hydrogen-bond donors (Lipinski definition) is 0. The Hall–Kier alpha value is -1.91. The minimum absolute atomic E-state index is 0.298. The molecule has 5 heteroatoms. The molecular formula is C14H21N3O2. The second-order valence-electron chi connectivity index (χ2n) is 4.49. The van der Waals surface area contributed by atoms with Crippen molar-refractivity contribution in [3.63, 3.8) is 0 Å². The van der Waals surface area contributed by atoms with Crippen LogP contribution in [0.1, 0.15) is 33.3 Å². The maximum atomic E-state index is 11.8. The maximum absolute atomic E-state index is 11.8. The highest BCUT2D eigenvalue weighted by Gasteiger charge is 2.32. The second-order valence-corrected chi connectivity index (χ2v) is 4.49. The lowest BCUT2D eigenvalue weighted by Crippen LogP contribution is -2.36. The average Bonchev–Trinajstić information content (AvgIpc) is 2.78. The van der Waals surface area contributed by atoms with Gasteiger partial charge >= 0.3 is 5.97 Å². The van der Waals surface area contributed by atoms with Crippen LogP contribution in [-0.2, 0) is 15.1 Å². The minimum atomic E-state index is -0.782. The number of nitrogens with zero attached hydrogens (tertiary/aromatic N) is 3. The standard InChI is InChI=1S/C12H15N3O2.C2H6/c1-8-6-15(12(2,3)11(16)17-4)10-9(8)5-13-7-14-10;1-2/h5-7H,1-4H3;1-2H3. The van der Waals surface area contributed by atoms with Crippen LogP contribution >= 0.6 is 0 Å². The molecule has 2 rings (SSSR count). The van der Waals surface area contributed by atoms with Crippen LogP contribution in [0.4, 0.5) is 0 Å². The average molecular weight is 263 g/mol. The number of aryl methyl sites for hydroxylation is 1. The van der Waals surface area contributed by atoms with Gasteiger partial charge in [-0.15, -0.1) is 0 Å². The third-order valence-corrected chi connectivity index (χ3v) is 2.95. The molecule has 0 spiro atoms. The van der Waals surface area contributed by atoms with Crippen LogP contribution in [-0.4, -0.2) is 27.6 Å². The number of fused-ring (bicyclic) bond motifs is 1. The van der Waals surface area contributed by atoms with Gasteiger partial charge in [-0.1, -0.05) is 13.8 Å². The predicted octanol–water partition coefficient (Wildman–Crippen LogP) is 2.67. The molecule has 0 fully saturated rings. The quantitative estimate of drug-likeness (QED) is 0.782. The summed E-state index contributed by atoms with van der Waals surface area (Å²) in [5, 5.41) is 0.949. The normalized spacial score (nSPS) is 10.8. The van der Waals surface area contributed by atoms with Crippen molar-refractivity contribution >= 4 is 17.0 Å². The summed E-state index contributed by atoms with van der Waals surface area (Å²) in [4.78, 5) is 20.0. The molecule has 0 atom stereocenters. The Balaban J connectivity index is 0.000000861. The molecule has 0 aliphatic rings. The molecule has 0 aromatic carbocycles. The van der Waals surface area contributed by atoms with E-state index in [4.69, 9.17) is 4.74 Å². The Labute approximate surface area is 113 Å². The van der Waals surface area contributed by atoms with E-state index < -0.39 is 5.54 Å². The van der Waals surface area contributed by atoms with E-state index >= 15 is 0 Å². The maximum Gasteiger partial charge on any atom is 0.331 e. The van der Waals surface area contributed by atoms with Crippen molar-refractivity contribution < 1.29 is 9.53 Å². The van der Waals surface area contributed by atoms with E-state index in [2.05, 4.69) is 9.97 Å². The van der Waals surface area contributed by atoms with Crippen LogP contribution in [0.15, 0.2) is 18.7 Å². The molecule has 0 N–H and O–H groups in total. The number of aromatic nitrogens is 3. The van der Waals surface area contributed by atoms with E-state index in [-0.39, 0.29) is 5.97 Å². The highest BCUT2D eigenvalue weighted by molar-refractivity contribution is 5.84. The Kier molecular flexibility index (Phi) is 4.64. The van der Waals surface area contributed by atoms with Gasteiger partial charge < -0.3 is 9.30 Å². The van der Waals surface area contributed by atoms with Gasteiger partial charge in [-0.2, -0.15) is 0 Å². The molecular weight excluding hydrogens is 242 g/mol. The summed E-state index contributed by atoms with van der Waals surface area (Å²) in [6, 6.07) is 0. The number of rotatable bonds is 2. The van der Waals surface area contributed by atoms with Crippen molar-refractivity contribution in [1.29, 1.82) is 0 Å². The van der Waals surface area contributed by atoms with E-state index in [0.717, 1.165) is 16.6 Å². The van der Waals surface area contributed by atoms with Crippen LogP contribution < -0.4 is 0 Å². The van der Waals surface area contributed by atoms with Crippen molar-refractivity contribution in [3.8, 4) is 0 Å². The molecule has 0 aliphatic heterocycles. The van der Waals surface area contributed by atoms with Gasteiger partial charge in [0.25, 0.3) is 0 Å². The fourth-order valence-corrected chi connectivity index (χ4v) is 1.89. The lowest BCUT2D eigenvalue weighted by Gasteiger charge is -2.24. The van der Waals surface area contributed by atoms with Gasteiger partial charge in [-0.25, -0.2) is 14.8 Å². The first-order chi connectivity index (χ1) is 8.98. The van der Waals surface area contributed by atoms with E-state index in [1.54, 1.807) is 20.0 Å². The molecule has 2 aromatic heterocycles. The summed E-state index contributed by atoms with van der Waals surface area (Å²) in [6.07, 6.45) is 5.13. The zero-order valence-electron chi connectivity index (χ0n) is 12.4. The predicted molar refractivity (Wildman–Crippen MR) is 75.0 cm³/mol. The molecule has 0 radical (unpaired) electrons. The van der Waals surface area contributed by atoms with Crippen molar-refractivity contribution in [3.05, 3.63) is 24.3 Å². The van der Waals surface area contributed by atoms with E-state index in [1.165, 1.54) is 13.4 Å². The summed E-state index contributed by atoms with van der Waals surface area (Å²) in [5.41, 5.74) is 1.00. The van der Waals surface area contributed by atoms with Gasteiger partial charge in [-0.3, -0.25) is 0 Å². The van der Waals surface area contributed by atoms with Crippen molar-refractivity contribution in [2.75, 3.05) is 7.11 Å². The van der Waals surface area contributed by atoms with E-state index in [1.807, 2.05) is 31.5 Å². The van der Waals surface area contributed by atoms with Crippen LogP contribution in [0.3, 0.4) is 0 Å². The summed E-state index contributed by atoms with van der Waals surface area (Å²) in [5.74, 6) is -0.298. The number of carbonyl (C=O) groups is 1. The van der Waals surface area contributed by atoms with Gasteiger partial charge in [0.1, 0.15) is 17.5 Å². The van der Waals surface area contributed by atoms with Gasteiger partial charge in [0, 0.05) is 17.8 Å². The van der Waals surface area contributed by atoms with Crippen molar-refractivity contribution in [2.24, 2.45) is 0 Å². The number of carbonyl (C=O) groups excluding carboxylic acids is 1. The molecule has 5 nitrogen and oxygen atoms in total. The molecule has 0 bridgehead atoms. The number of hydrogen-bond acceptors (Lipinski definition) is 4. The molecule has 0 unspecified atom stereocenters. The number of methoxy groups -OCH3 is 1. The smallest absolute Gasteiger partial charge is 0.331 e. The Morgan fingerprint density at radius 3 is 2.58 bits per heavy atom. The van der Waals surface area contributed by atoms with E-state index in [9.17, 15) is 4.79 Å². The first kappa shape index (κ1) is 15.1. The van der Waals surface area contributed by atoms with Crippen molar-refractivity contribution in [1.82, 2.24) is 14.5 Å². The SMILES string of the molecule is CC.COC(=O)C(C)(C)n1cc(C)c2cncnc21. The Bertz CT molecular complexity index is 573. The largest absolute Gasteiger partial charge is 0.467 e. The van der Waals surface area contributed by atoms with Crippen LogP contribution in [0.25, 0.3) is 11.0 Å². The highest BCUT2D eigenvalue weighted by Crippen LogP contribution is 2.26. The molecule has 0 saturated carbocycles. The van der Waals surface area contributed by atoms with Gasteiger partial charge in [0.2, 0.25) is 0 Å². The lowest BCUT2D eigenvalue weighted by molar-refractivity contribution is -0.149. The fourth-order valence-electron chi connectivity index (χ4n) is 1.89. The lowest BCUT2D eigenvalue weighted by atomic mass is 10.1. The third kappa shape index (κ3) is 2.59. The monoisotopic (exact) mass is 263 g/mol. The summed E-state index contributed by atoms with van der Waals surface area (Å²) < 4.78 is 6.65. The summed E-state index contributed by atoms with van der Waals surface area (Å²) >= 11 is 0. The molecule has 2 heterocycles. The van der Waals surface area contributed by atoms with Gasteiger partial charge in [-0.05, 0) is 26.3 Å². The first-order valence-corrected chi connectivity index (χ1v) is 6.35. The summed E-state index contributed by atoms with van der Waals surface area (Å²) in [7, 11) is 1.39.